The lowest BCUT2D eigenvalue weighted by Crippen LogP contribution is -2.57. The molecule has 1 aliphatic carbocycles. The van der Waals surface area contributed by atoms with Crippen LogP contribution in [0.2, 0.25) is 0 Å². The van der Waals surface area contributed by atoms with Crippen molar-refractivity contribution in [1.82, 2.24) is 15.5 Å². The summed E-state index contributed by atoms with van der Waals surface area (Å²) < 4.78 is 6.37. The molecule has 0 aromatic carbocycles. The fourth-order valence-corrected chi connectivity index (χ4v) is 6.44. The molecule has 3 aliphatic heterocycles. The molecule has 2 unspecified atom stereocenters. The van der Waals surface area contributed by atoms with Gasteiger partial charge in [-0.15, -0.1) is 0 Å². The van der Waals surface area contributed by atoms with Crippen molar-refractivity contribution in [3.63, 3.8) is 0 Å². The number of nitrogens with zero attached hydrogens (tertiary/aromatic N) is 1. The molecule has 3 N–H and O–H groups in total. The van der Waals surface area contributed by atoms with Crippen molar-refractivity contribution >= 4 is 17.7 Å². The van der Waals surface area contributed by atoms with E-state index in [1.807, 2.05) is 0 Å². The van der Waals surface area contributed by atoms with Gasteiger partial charge in [-0.05, 0) is 38.5 Å². The summed E-state index contributed by atoms with van der Waals surface area (Å²) in [6.45, 7) is 0.656. The van der Waals surface area contributed by atoms with Crippen molar-refractivity contribution in [2.75, 3.05) is 20.2 Å². The van der Waals surface area contributed by atoms with Crippen molar-refractivity contribution in [2.45, 2.75) is 94.4 Å². The number of ether oxygens (including phenoxy) is 1. The number of hydrogen-bond donors (Lipinski definition) is 3. The fraction of sp³-hybridized carbons (Fsp3) is 0.870. The summed E-state index contributed by atoms with van der Waals surface area (Å²) in [5.74, 6) is -1.49. The van der Waals surface area contributed by atoms with Crippen molar-refractivity contribution < 1.29 is 24.2 Å². The molecule has 2 bridgehead atoms. The van der Waals surface area contributed by atoms with E-state index in [4.69, 9.17) is 9.84 Å². The Morgan fingerprint density at radius 2 is 1.84 bits per heavy atom. The minimum absolute atomic E-state index is 0.109. The molecule has 174 valence electrons. The van der Waals surface area contributed by atoms with E-state index in [1.54, 1.807) is 11.9 Å². The van der Waals surface area contributed by atoms with Gasteiger partial charge in [-0.2, -0.15) is 0 Å². The summed E-state index contributed by atoms with van der Waals surface area (Å²) in [4.78, 5) is 41.5. The Bertz CT molecular complexity index is 695. The number of unbranched alkanes of at least 4 members (excludes halogenated alkanes) is 3. The van der Waals surface area contributed by atoms with Crippen LogP contribution >= 0.6 is 0 Å². The van der Waals surface area contributed by atoms with E-state index in [0.29, 0.717) is 19.4 Å². The van der Waals surface area contributed by atoms with E-state index in [-0.39, 0.29) is 36.5 Å². The third-order valence-corrected chi connectivity index (χ3v) is 7.86. The lowest BCUT2D eigenvalue weighted by atomic mass is 9.70. The Balaban J connectivity index is 1.56. The van der Waals surface area contributed by atoms with Crippen LogP contribution < -0.4 is 10.6 Å². The van der Waals surface area contributed by atoms with E-state index in [9.17, 15) is 14.4 Å². The molecule has 0 radical (unpaired) electrons. The van der Waals surface area contributed by atoms with Gasteiger partial charge in [-0.3, -0.25) is 14.4 Å². The molecule has 1 spiro atoms. The number of likely N-dealkylation sites (tertiary alicyclic amines) is 1. The van der Waals surface area contributed by atoms with E-state index in [0.717, 1.165) is 51.4 Å². The number of rotatable bonds is 9. The number of fused-ring (bicyclic) bond motifs is 1. The molecule has 8 nitrogen and oxygen atoms in total. The largest absolute Gasteiger partial charge is 0.396 e. The zero-order valence-electron chi connectivity index (χ0n) is 18.6. The first-order valence-corrected chi connectivity index (χ1v) is 12.1. The first-order chi connectivity index (χ1) is 15.0. The molecule has 4 fully saturated rings. The third kappa shape index (κ3) is 3.97. The summed E-state index contributed by atoms with van der Waals surface area (Å²) in [5.41, 5.74) is -0.886. The molecule has 3 heterocycles. The zero-order valence-corrected chi connectivity index (χ0v) is 18.6. The number of nitrogens with one attached hydrogen (secondary N) is 2. The molecule has 5 atom stereocenters. The molecule has 31 heavy (non-hydrogen) atoms. The molecule has 3 saturated heterocycles. The van der Waals surface area contributed by atoms with Gasteiger partial charge in [-0.25, -0.2) is 0 Å². The first-order valence-electron chi connectivity index (χ1n) is 12.1. The Hall–Kier alpha value is -1.67. The molecule has 0 aromatic heterocycles. The Morgan fingerprint density at radius 3 is 2.55 bits per heavy atom. The standard InChI is InChI=1S/C23H37N3O5/c1-24-20(28)17-16-11-12-23(31-16)18(17)22(30)26(13-7-2-3-8-14-27)19(23)21(29)25-15-9-5-4-6-10-15/h15-19,27H,2-14H2,1H3,(H,24,28)(H,25,29)/t16-,17+,18+,19?,23?/m1/s1. The lowest BCUT2D eigenvalue weighted by Gasteiger charge is -2.35. The predicted molar refractivity (Wildman–Crippen MR) is 114 cm³/mol. The number of amides is 3. The smallest absolute Gasteiger partial charge is 0.246 e. The van der Waals surface area contributed by atoms with Crippen LogP contribution in [0.3, 0.4) is 0 Å². The van der Waals surface area contributed by atoms with Crippen molar-refractivity contribution in [2.24, 2.45) is 11.8 Å². The summed E-state index contributed by atoms with van der Waals surface area (Å²) in [7, 11) is 1.59. The second-order valence-electron chi connectivity index (χ2n) is 9.68. The minimum Gasteiger partial charge on any atom is -0.396 e. The van der Waals surface area contributed by atoms with E-state index >= 15 is 0 Å². The average molecular weight is 436 g/mol. The van der Waals surface area contributed by atoms with Gasteiger partial charge in [0.25, 0.3) is 0 Å². The molecule has 3 amide bonds. The van der Waals surface area contributed by atoms with Crippen LogP contribution in [-0.2, 0) is 19.1 Å². The van der Waals surface area contributed by atoms with Crippen LogP contribution in [-0.4, -0.2) is 71.7 Å². The molecular weight excluding hydrogens is 398 g/mol. The van der Waals surface area contributed by atoms with Crippen molar-refractivity contribution in [3.8, 4) is 0 Å². The van der Waals surface area contributed by atoms with Gasteiger partial charge in [0.05, 0.1) is 17.9 Å². The van der Waals surface area contributed by atoms with Crippen molar-refractivity contribution in [1.29, 1.82) is 0 Å². The third-order valence-electron chi connectivity index (χ3n) is 7.86. The topological polar surface area (TPSA) is 108 Å². The van der Waals surface area contributed by atoms with Crippen LogP contribution in [0.5, 0.6) is 0 Å². The van der Waals surface area contributed by atoms with Crippen LogP contribution in [0.25, 0.3) is 0 Å². The average Bonchev–Trinajstić information content (AvgIpc) is 3.41. The highest BCUT2D eigenvalue weighted by molar-refractivity contribution is 5.98. The van der Waals surface area contributed by atoms with Gasteiger partial charge < -0.3 is 25.4 Å². The van der Waals surface area contributed by atoms with Gasteiger partial charge in [-0.1, -0.05) is 32.1 Å². The quantitative estimate of drug-likeness (QED) is 0.470. The first kappa shape index (κ1) is 22.5. The number of carbonyl (C=O) groups is 3. The summed E-state index contributed by atoms with van der Waals surface area (Å²) >= 11 is 0. The van der Waals surface area contributed by atoms with Gasteiger partial charge in [0.15, 0.2) is 0 Å². The van der Waals surface area contributed by atoms with Crippen LogP contribution in [0.15, 0.2) is 0 Å². The fourth-order valence-electron chi connectivity index (χ4n) is 6.44. The monoisotopic (exact) mass is 435 g/mol. The maximum absolute atomic E-state index is 13.6. The number of aliphatic hydroxyl groups excluding tert-OH is 1. The number of hydrogen-bond acceptors (Lipinski definition) is 5. The summed E-state index contributed by atoms with van der Waals surface area (Å²) in [5, 5.41) is 14.9. The summed E-state index contributed by atoms with van der Waals surface area (Å²) in [6.07, 6.45) is 9.78. The Morgan fingerprint density at radius 1 is 1.10 bits per heavy atom. The molecule has 1 saturated carbocycles. The SMILES string of the molecule is CNC(=O)[C@@H]1[C@H]2C(=O)N(CCCCCCO)C(C(=O)NC3CCCCC3)C23CC[C@H]1O3. The molecule has 4 rings (SSSR count). The van der Waals surface area contributed by atoms with Crippen LogP contribution in [0.1, 0.15) is 70.6 Å². The van der Waals surface area contributed by atoms with Gasteiger partial charge in [0, 0.05) is 26.2 Å². The molecular formula is C23H37N3O5. The molecule has 8 heteroatoms. The maximum Gasteiger partial charge on any atom is 0.246 e. The molecule has 0 aromatic rings. The second kappa shape index (κ2) is 9.45. The minimum atomic E-state index is -0.886. The van der Waals surface area contributed by atoms with E-state index in [1.165, 1.54) is 6.42 Å². The van der Waals surface area contributed by atoms with E-state index in [2.05, 4.69) is 10.6 Å². The Kier molecular flexibility index (Phi) is 6.86. The maximum atomic E-state index is 13.6. The zero-order chi connectivity index (χ0) is 22.0. The summed E-state index contributed by atoms with van der Waals surface area (Å²) in [6, 6.07) is -0.504. The Labute approximate surface area is 184 Å². The number of aliphatic hydroxyl groups is 1. The lowest BCUT2D eigenvalue weighted by molar-refractivity contribution is -0.142. The number of carbonyl (C=O) groups excluding carboxylic acids is 3. The second-order valence-corrected chi connectivity index (χ2v) is 9.68. The predicted octanol–water partition coefficient (Wildman–Crippen LogP) is 1.11. The van der Waals surface area contributed by atoms with Gasteiger partial charge in [0.2, 0.25) is 17.7 Å². The van der Waals surface area contributed by atoms with Gasteiger partial charge in [0.1, 0.15) is 11.6 Å². The van der Waals surface area contributed by atoms with Crippen LogP contribution in [0, 0.1) is 11.8 Å². The van der Waals surface area contributed by atoms with Gasteiger partial charge >= 0.3 is 0 Å². The van der Waals surface area contributed by atoms with Crippen molar-refractivity contribution in [3.05, 3.63) is 0 Å². The van der Waals surface area contributed by atoms with E-state index < -0.39 is 23.5 Å². The molecule has 4 aliphatic rings. The van der Waals surface area contributed by atoms with Crippen LogP contribution in [0.4, 0.5) is 0 Å². The highest BCUT2D eigenvalue weighted by Gasteiger charge is 2.74. The highest BCUT2D eigenvalue weighted by Crippen LogP contribution is 2.58. The highest BCUT2D eigenvalue weighted by atomic mass is 16.5. The normalized spacial score (nSPS) is 34.8.